The summed E-state index contributed by atoms with van der Waals surface area (Å²) in [6.45, 7) is -17.8. The first-order chi connectivity index (χ1) is 30.5. The Balaban J connectivity index is 1.53. The molecule has 8 rings (SSSR count). The monoisotopic (exact) mass is 660 g/mol. The Morgan fingerprint density at radius 3 is 1.98 bits per heavy atom. The molecule has 0 saturated carbocycles. The Labute approximate surface area is 314 Å². The van der Waals surface area contributed by atoms with Crippen LogP contribution < -0.4 is 14.9 Å². The quantitative estimate of drug-likeness (QED) is 0.176. The highest BCUT2D eigenvalue weighted by Crippen LogP contribution is 2.53. The maximum atomic E-state index is 9.10. The third-order valence-corrected chi connectivity index (χ3v) is 10.2. The topological polar surface area (TPSA) is 18.5 Å². The predicted molar refractivity (Wildman–Crippen MR) is 203 cm³/mol. The molecule has 0 unspecified atom stereocenters. The Bertz CT molecular complexity index is 2900. The number of hydrogen-bond donors (Lipinski definition) is 0. The van der Waals surface area contributed by atoms with Gasteiger partial charge in [-0.1, -0.05) is 116 Å². The first kappa shape index (κ1) is 16.6. The molecule has 48 heavy (non-hydrogen) atoms. The van der Waals surface area contributed by atoms with Crippen LogP contribution in [0, 0.1) is 27.4 Å². The Morgan fingerprint density at radius 1 is 0.604 bits per heavy atom. The highest BCUT2D eigenvalue weighted by Gasteiger charge is 2.36. The lowest BCUT2D eigenvalue weighted by molar-refractivity contribution is 0.419. The number of rotatable bonds is 3. The SMILES string of the molecule is [2H]C([2H])([2H])c1ccc(-c2ccc(C([2H])([2H])[2H])c(-c3cccc4c3Sc3ccccc3OB4C)c2C([2H])([2H])[2H])c(C([2H])([2H])[2H])c1-c1cccc2c1Oc1ccccc1C2(C([2H])([2H])[2H])C([2H])([2H])[2H]. The van der Waals surface area contributed by atoms with E-state index in [1.54, 1.807) is 43.2 Å². The summed E-state index contributed by atoms with van der Waals surface area (Å²) in [7, 11) is 0. The van der Waals surface area contributed by atoms with Gasteiger partial charge in [-0.05, 0) is 108 Å². The van der Waals surface area contributed by atoms with Crippen LogP contribution >= 0.6 is 11.8 Å². The van der Waals surface area contributed by atoms with Gasteiger partial charge in [0.1, 0.15) is 17.2 Å². The zero-order valence-corrected chi connectivity index (χ0v) is 26.5. The van der Waals surface area contributed by atoms with Crippen LogP contribution in [0.15, 0.2) is 119 Å². The fraction of sp³-hybridized carbons (Fsp3) is 0.182. The summed E-state index contributed by atoms with van der Waals surface area (Å²) in [6, 6.07) is 26.4. The number of ether oxygens (including phenoxy) is 1. The fourth-order valence-corrected chi connectivity index (χ4v) is 7.87. The van der Waals surface area contributed by atoms with Crippen LogP contribution in [0.1, 0.15) is 71.8 Å². The average Bonchev–Trinajstić information content (AvgIpc) is 3.34. The van der Waals surface area contributed by atoms with E-state index in [4.69, 9.17) is 34.1 Å². The van der Waals surface area contributed by atoms with E-state index in [0.717, 1.165) is 6.07 Å². The summed E-state index contributed by atoms with van der Waals surface area (Å²) < 4.78 is 172. The van der Waals surface area contributed by atoms with Crippen molar-refractivity contribution in [3.05, 3.63) is 143 Å². The number of benzene rings is 6. The summed E-state index contributed by atoms with van der Waals surface area (Å²) in [5, 5.41) is 0. The Hall–Kier alpha value is -4.67. The van der Waals surface area contributed by atoms with Gasteiger partial charge in [-0.3, -0.25) is 0 Å². The number of hydrogen-bond acceptors (Lipinski definition) is 3. The highest BCUT2D eigenvalue weighted by atomic mass is 32.2. The zero-order valence-electron chi connectivity index (χ0n) is 43.7. The largest absolute Gasteiger partial charge is 0.555 e. The molecule has 0 N–H and O–H groups in total. The fourth-order valence-electron chi connectivity index (χ4n) is 6.65. The summed E-state index contributed by atoms with van der Waals surface area (Å²) in [6.07, 6.45) is 0. The Kier molecular flexibility index (Phi) is 3.98. The molecule has 2 aliphatic rings. The number of aryl methyl sites for hydroxylation is 2. The molecule has 0 aliphatic carbocycles. The molecular weight excluding hydrogens is 603 g/mol. The number of para-hydroxylation sites is 3. The molecule has 0 amide bonds. The van der Waals surface area contributed by atoms with Crippen molar-refractivity contribution in [3.63, 3.8) is 0 Å². The lowest BCUT2D eigenvalue weighted by atomic mass is 9.63. The van der Waals surface area contributed by atoms with Crippen LogP contribution in [0.3, 0.4) is 0 Å². The van der Waals surface area contributed by atoms with Gasteiger partial charge in [0, 0.05) is 51.7 Å². The molecule has 236 valence electrons. The van der Waals surface area contributed by atoms with Crippen LogP contribution in [0.2, 0.25) is 6.82 Å². The van der Waals surface area contributed by atoms with E-state index < -0.39 is 81.4 Å². The van der Waals surface area contributed by atoms with E-state index in [1.165, 1.54) is 72.4 Å². The second-order valence-corrected chi connectivity index (χ2v) is 12.9. The van der Waals surface area contributed by atoms with Crippen molar-refractivity contribution in [2.75, 3.05) is 0 Å². The Morgan fingerprint density at radius 2 is 1.25 bits per heavy atom. The van der Waals surface area contributed by atoms with Gasteiger partial charge in [0.25, 0.3) is 0 Å². The zero-order chi connectivity index (χ0) is 48.3. The molecule has 2 nitrogen and oxygen atoms in total. The molecule has 0 bridgehead atoms. The van der Waals surface area contributed by atoms with E-state index in [9.17, 15) is 0 Å². The molecular formula is C44H39BO2S. The van der Waals surface area contributed by atoms with Gasteiger partial charge in [-0.15, -0.1) is 0 Å². The molecule has 6 aromatic rings. The third kappa shape index (κ3) is 4.72. The lowest BCUT2D eigenvalue weighted by Crippen LogP contribution is -2.34. The van der Waals surface area contributed by atoms with Gasteiger partial charge in [0.15, 0.2) is 0 Å². The third-order valence-electron chi connectivity index (χ3n) is 9.01. The molecule has 0 radical (unpaired) electrons. The van der Waals surface area contributed by atoms with Gasteiger partial charge in [-0.2, -0.15) is 0 Å². The minimum atomic E-state index is -3.29. The van der Waals surface area contributed by atoms with E-state index in [-0.39, 0.29) is 50.3 Å². The predicted octanol–water partition coefficient (Wildman–Crippen LogP) is 11.7. The van der Waals surface area contributed by atoms with Crippen LogP contribution in [-0.2, 0) is 5.41 Å². The van der Waals surface area contributed by atoms with Crippen molar-refractivity contribution >= 4 is 24.1 Å². The summed E-state index contributed by atoms with van der Waals surface area (Å²) in [4.78, 5) is 1.17. The van der Waals surface area contributed by atoms with Crippen LogP contribution in [0.5, 0.6) is 17.2 Å². The molecule has 0 fully saturated rings. The molecule has 4 heteroatoms. The van der Waals surface area contributed by atoms with Crippen molar-refractivity contribution in [1.29, 1.82) is 0 Å². The molecule has 0 saturated heterocycles. The minimum Gasteiger partial charge on any atom is -0.555 e. The van der Waals surface area contributed by atoms with E-state index in [2.05, 4.69) is 0 Å². The van der Waals surface area contributed by atoms with Gasteiger partial charge in [0.2, 0.25) is 0 Å². The molecule has 2 heterocycles. The van der Waals surface area contributed by atoms with Crippen molar-refractivity contribution in [1.82, 2.24) is 0 Å². The number of fused-ring (bicyclic) bond motifs is 4. The van der Waals surface area contributed by atoms with Gasteiger partial charge >= 0.3 is 6.92 Å². The maximum absolute atomic E-state index is 9.10. The minimum absolute atomic E-state index is 0.177. The normalized spacial score (nSPS) is 21.2. The van der Waals surface area contributed by atoms with Crippen molar-refractivity contribution < 1.29 is 34.1 Å². The average molecular weight is 661 g/mol. The highest BCUT2D eigenvalue weighted by molar-refractivity contribution is 7.99. The van der Waals surface area contributed by atoms with Gasteiger partial charge in [0.05, 0.1) is 4.90 Å². The molecule has 0 atom stereocenters. The van der Waals surface area contributed by atoms with E-state index >= 15 is 0 Å². The lowest BCUT2D eigenvalue weighted by Gasteiger charge is -2.35. The van der Waals surface area contributed by atoms with Crippen LogP contribution in [-0.4, -0.2) is 6.92 Å². The molecule has 0 spiro atoms. The summed E-state index contributed by atoms with van der Waals surface area (Å²) in [5.74, 6) is -0.0528. The molecule has 2 aliphatic heterocycles. The van der Waals surface area contributed by atoms with E-state index in [0.29, 0.717) is 21.0 Å². The van der Waals surface area contributed by atoms with E-state index in [1.807, 2.05) is 6.07 Å². The van der Waals surface area contributed by atoms with Crippen molar-refractivity contribution in [3.8, 4) is 50.6 Å². The summed E-state index contributed by atoms with van der Waals surface area (Å²) >= 11 is 1.25. The standard InChI is InChI=1S/C44H39BO2S/c1-26-22-24-30(28(3)40(26)32-14-12-17-35-42(32)46-37-19-9-8-16-34(37)44(35,5)6)31-25-23-27(2)41(29(31)4)33-15-13-18-36-43(33)48-39-21-11-10-20-38(39)47-45(36)7/h8-25H,1-7H3/i1D3,2D3,3D3,4D3,5D3,6D3. The first-order valence-corrected chi connectivity index (χ1v) is 16.2. The van der Waals surface area contributed by atoms with Crippen LogP contribution in [0.25, 0.3) is 33.4 Å². The smallest absolute Gasteiger partial charge is 0.389 e. The molecule has 0 aromatic heterocycles. The van der Waals surface area contributed by atoms with Gasteiger partial charge < -0.3 is 9.39 Å². The van der Waals surface area contributed by atoms with Gasteiger partial charge in [-0.25, -0.2) is 0 Å². The summed E-state index contributed by atoms with van der Waals surface area (Å²) in [5.41, 5.74) is -6.15. The van der Waals surface area contributed by atoms with Crippen molar-refractivity contribution in [2.24, 2.45) is 0 Å². The first-order valence-electron chi connectivity index (χ1n) is 24.3. The second kappa shape index (κ2) is 11.5. The van der Waals surface area contributed by atoms with Crippen LogP contribution in [0.4, 0.5) is 0 Å². The molecule has 6 aromatic carbocycles. The maximum Gasteiger partial charge on any atom is 0.389 e. The van der Waals surface area contributed by atoms with Crippen molar-refractivity contribution in [2.45, 2.75) is 63.1 Å². The second-order valence-electron chi connectivity index (χ2n) is 11.9.